The van der Waals surface area contributed by atoms with Gasteiger partial charge in [0, 0.05) is 6.04 Å². The number of rotatable bonds is 6. The molecule has 0 saturated carbocycles. The Morgan fingerprint density at radius 1 is 1.53 bits per heavy atom. The zero-order valence-corrected chi connectivity index (χ0v) is 9.63. The maximum Gasteiger partial charge on any atom is 0.421 e. The molecule has 0 spiro atoms. The highest BCUT2D eigenvalue weighted by Gasteiger charge is 2.16. The molecule has 15 heavy (non-hydrogen) atoms. The summed E-state index contributed by atoms with van der Waals surface area (Å²) in [5.74, 6) is 0. The average molecular weight is 239 g/mol. The molecule has 1 amide bonds. The Morgan fingerprint density at radius 2 is 2.13 bits per heavy atom. The lowest BCUT2D eigenvalue weighted by molar-refractivity contribution is 0.177. The molecule has 0 aliphatic heterocycles. The van der Waals surface area contributed by atoms with Crippen molar-refractivity contribution in [2.45, 2.75) is 25.8 Å². The van der Waals surface area contributed by atoms with Crippen LogP contribution >= 0.6 is 0 Å². The molecule has 0 bridgehead atoms. The minimum atomic E-state index is -3.84. The fourth-order valence-corrected chi connectivity index (χ4v) is 1.94. The van der Waals surface area contributed by atoms with Gasteiger partial charge in [0.15, 0.2) is 0 Å². The SMILES string of the molecule is COC(=O)NS(=O)(=O)NC(C)CCCN. The first-order valence-corrected chi connectivity index (χ1v) is 5.97. The summed E-state index contributed by atoms with van der Waals surface area (Å²) in [7, 11) is -2.75. The molecule has 0 rings (SSSR count). The second kappa shape index (κ2) is 6.59. The van der Waals surface area contributed by atoms with Crippen LogP contribution in [0.5, 0.6) is 0 Å². The Labute approximate surface area is 89.5 Å². The maximum atomic E-state index is 11.2. The molecule has 0 aromatic heterocycles. The van der Waals surface area contributed by atoms with Gasteiger partial charge in [0.1, 0.15) is 0 Å². The van der Waals surface area contributed by atoms with Gasteiger partial charge in [0.05, 0.1) is 7.11 Å². The average Bonchev–Trinajstić information content (AvgIpc) is 2.12. The summed E-state index contributed by atoms with van der Waals surface area (Å²) in [4.78, 5) is 10.7. The predicted octanol–water partition coefficient (Wildman–Crippen LogP) is -0.696. The van der Waals surface area contributed by atoms with Gasteiger partial charge in [0.25, 0.3) is 0 Å². The molecule has 0 radical (unpaired) electrons. The van der Waals surface area contributed by atoms with E-state index in [0.29, 0.717) is 19.4 Å². The van der Waals surface area contributed by atoms with Gasteiger partial charge in [0.2, 0.25) is 0 Å². The number of methoxy groups -OCH3 is 1. The molecule has 0 saturated heterocycles. The highest BCUT2D eigenvalue weighted by molar-refractivity contribution is 7.88. The van der Waals surface area contributed by atoms with Crippen LogP contribution in [0, 0.1) is 0 Å². The van der Waals surface area contributed by atoms with Crippen LogP contribution < -0.4 is 15.2 Å². The first kappa shape index (κ1) is 14.1. The second-order valence-electron chi connectivity index (χ2n) is 3.05. The van der Waals surface area contributed by atoms with Crippen molar-refractivity contribution in [2.75, 3.05) is 13.7 Å². The van der Waals surface area contributed by atoms with Crippen LogP contribution in [0.2, 0.25) is 0 Å². The summed E-state index contributed by atoms with van der Waals surface area (Å²) in [6, 6.07) is -0.282. The van der Waals surface area contributed by atoms with E-state index in [4.69, 9.17) is 5.73 Å². The van der Waals surface area contributed by atoms with Crippen molar-refractivity contribution in [3.05, 3.63) is 0 Å². The lowest BCUT2D eigenvalue weighted by atomic mass is 10.2. The second-order valence-corrected chi connectivity index (χ2v) is 4.49. The number of nitrogens with two attached hydrogens (primary N) is 1. The molecule has 7 nitrogen and oxygen atoms in total. The van der Waals surface area contributed by atoms with Gasteiger partial charge in [-0.15, -0.1) is 0 Å². The third kappa shape index (κ3) is 7.11. The minimum Gasteiger partial charge on any atom is -0.452 e. The zero-order valence-electron chi connectivity index (χ0n) is 8.82. The van der Waals surface area contributed by atoms with Crippen molar-refractivity contribution in [2.24, 2.45) is 5.73 Å². The molecule has 4 N–H and O–H groups in total. The molecule has 1 unspecified atom stereocenters. The van der Waals surface area contributed by atoms with E-state index in [-0.39, 0.29) is 6.04 Å². The third-order valence-electron chi connectivity index (χ3n) is 1.60. The molecular formula is C7H17N3O4S. The normalized spacial score (nSPS) is 13.3. The van der Waals surface area contributed by atoms with Gasteiger partial charge in [-0.3, -0.25) is 0 Å². The molecule has 0 aliphatic carbocycles. The number of hydrogen-bond acceptors (Lipinski definition) is 5. The first-order chi connectivity index (χ1) is 6.91. The third-order valence-corrected chi connectivity index (χ3v) is 2.75. The van der Waals surface area contributed by atoms with E-state index in [2.05, 4.69) is 9.46 Å². The summed E-state index contributed by atoms with van der Waals surface area (Å²) < 4.78 is 30.5. The monoisotopic (exact) mass is 239 g/mol. The fourth-order valence-electron chi connectivity index (χ4n) is 0.929. The molecule has 0 heterocycles. The largest absolute Gasteiger partial charge is 0.452 e. The number of ether oxygens (including phenoxy) is 1. The fraction of sp³-hybridized carbons (Fsp3) is 0.857. The molecule has 90 valence electrons. The summed E-state index contributed by atoms with van der Waals surface area (Å²) in [5.41, 5.74) is 5.28. The van der Waals surface area contributed by atoms with Crippen molar-refractivity contribution < 1.29 is 17.9 Å². The number of carbonyl (C=O) groups excluding carboxylic acids is 1. The van der Waals surface area contributed by atoms with E-state index in [0.717, 1.165) is 7.11 Å². The van der Waals surface area contributed by atoms with Crippen LogP contribution in [0.4, 0.5) is 4.79 Å². The lowest BCUT2D eigenvalue weighted by Crippen LogP contribution is -2.44. The Morgan fingerprint density at radius 3 is 2.60 bits per heavy atom. The molecule has 1 atom stereocenters. The van der Waals surface area contributed by atoms with Crippen molar-refractivity contribution in [1.82, 2.24) is 9.44 Å². The van der Waals surface area contributed by atoms with Crippen molar-refractivity contribution in [3.63, 3.8) is 0 Å². The Hall–Kier alpha value is -0.860. The van der Waals surface area contributed by atoms with Crippen LogP contribution in [-0.2, 0) is 14.9 Å². The number of hydrogen-bond donors (Lipinski definition) is 3. The summed E-state index contributed by atoms with van der Waals surface area (Å²) >= 11 is 0. The van der Waals surface area contributed by atoms with Gasteiger partial charge in [-0.25, -0.2) is 9.52 Å². The lowest BCUT2D eigenvalue weighted by Gasteiger charge is -2.13. The van der Waals surface area contributed by atoms with E-state index in [1.807, 2.05) is 0 Å². The maximum absolute atomic E-state index is 11.2. The molecule has 0 aromatic rings. The van der Waals surface area contributed by atoms with Gasteiger partial charge >= 0.3 is 16.3 Å². The summed E-state index contributed by atoms with van der Waals surface area (Å²) in [6.45, 7) is 2.18. The van der Waals surface area contributed by atoms with Crippen molar-refractivity contribution in [1.29, 1.82) is 0 Å². The van der Waals surface area contributed by atoms with Crippen LogP contribution in [0.1, 0.15) is 19.8 Å². The highest BCUT2D eigenvalue weighted by Crippen LogP contribution is 1.96. The van der Waals surface area contributed by atoms with E-state index in [9.17, 15) is 13.2 Å². The van der Waals surface area contributed by atoms with Gasteiger partial charge in [-0.1, -0.05) is 0 Å². The molecule has 0 fully saturated rings. The quantitative estimate of drug-likeness (QED) is 0.568. The smallest absolute Gasteiger partial charge is 0.421 e. The number of nitrogens with one attached hydrogen (secondary N) is 2. The topological polar surface area (TPSA) is 111 Å². The van der Waals surface area contributed by atoms with Crippen LogP contribution in [0.3, 0.4) is 0 Å². The van der Waals surface area contributed by atoms with Crippen molar-refractivity contribution in [3.8, 4) is 0 Å². The summed E-state index contributed by atoms with van der Waals surface area (Å²) in [6.07, 6.45) is 0.300. The molecule has 0 aliphatic rings. The number of amides is 1. The van der Waals surface area contributed by atoms with Crippen LogP contribution in [0.25, 0.3) is 0 Å². The Kier molecular flexibility index (Phi) is 6.21. The van der Waals surface area contributed by atoms with Gasteiger partial charge in [-0.05, 0) is 26.3 Å². The minimum absolute atomic E-state index is 0.282. The highest BCUT2D eigenvalue weighted by atomic mass is 32.2. The van der Waals surface area contributed by atoms with Crippen LogP contribution in [0.15, 0.2) is 0 Å². The van der Waals surface area contributed by atoms with E-state index in [1.54, 1.807) is 11.6 Å². The summed E-state index contributed by atoms with van der Waals surface area (Å²) in [5, 5.41) is 0. The van der Waals surface area contributed by atoms with Crippen LogP contribution in [-0.4, -0.2) is 34.2 Å². The van der Waals surface area contributed by atoms with Gasteiger partial charge in [-0.2, -0.15) is 13.1 Å². The van der Waals surface area contributed by atoms with Gasteiger partial charge < -0.3 is 10.5 Å². The Balaban J connectivity index is 4.08. The van der Waals surface area contributed by atoms with E-state index >= 15 is 0 Å². The molecule has 8 heteroatoms. The predicted molar refractivity (Wildman–Crippen MR) is 55.3 cm³/mol. The van der Waals surface area contributed by atoms with E-state index in [1.165, 1.54) is 0 Å². The standard InChI is InChI=1S/C7H17N3O4S/c1-6(4-3-5-8)9-15(12,13)10-7(11)14-2/h6,9H,3-5,8H2,1-2H3,(H,10,11). The number of carbonyl (C=O) groups is 1. The zero-order chi connectivity index (χ0) is 11.9. The first-order valence-electron chi connectivity index (χ1n) is 4.49. The van der Waals surface area contributed by atoms with E-state index < -0.39 is 16.3 Å². The molecular weight excluding hydrogens is 222 g/mol. The molecule has 0 aromatic carbocycles. The Bertz CT molecular complexity index is 291. The van der Waals surface area contributed by atoms with Crippen molar-refractivity contribution >= 4 is 16.3 Å².